The molecule has 0 bridgehead atoms. The molecule has 210 valence electrons. The number of amides is 1. The molecule has 0 spiro atoms. The lowest BCUT2D eigenvalue weighted by molar-refractivity contribution is -0.139. The van der Waals surface area contributed by atoms with E-state index < -0.39 is 5.92 Å². The number of rotatable bonds is 6. The normalized spacial score (nSPS) is 18.9. The highest BCUT2D eigenvalue weighted by atomic mass is 16.5. The smallest absolute Gasteiger partial charge is 0.317 e. The summed E-state index contributed by atoms with van der Waals surface area (Å²) in [6.45, 7) is 3.25. The number of hydrogen-bond acceptors (Lipinski definition) is 5. The fourth-order valence-corrected chi connectivity index (χ4v) is 6.47. The number of methoxy groups -OCH3 is 1. The van der Waals surface area contributed by atoms with Gasteiger partial charge in [-0.2, -0.15) is 0 Å². The van der Waals surface area contributed by atoms with Gasteiger partial charge in [-0.1, -0.05) is 60.7 Å². The minimum atomic E-state index is -0.454. The lowest BCUT2D eigenvalue weighted by Crippen LogP contribution is -2.31. The Hall–Kier alpha value is -4.84. The fraction of sp³-hybridized carbons (Fsp3) is 0.222. The van der Waals surface area contributed by atoms with Gasteiger partial charge in [-0.05, 0) is 72.0 Å². The van der Waals surface area contributed by atoms with Crippen LogP contribution in [0.15, 0.2) is 103 Å². The molecule has 3 heterocycles. The second kappa shape index (κ2) is 10.5. The summed E-state index contributed by atoms with van der Waals surface area (Å²) in [6, 6.07) is 28.2. The summed E-state index contributed by atoms with van der Waals surface area (Å²) in [4.78, 5) is 31.4. The molecule has 0 aromatic heterocycles. The molecule has 6 heteroatoms. The topological polar surface area (TPSA) is 59.1 Å². The van der Waals surface area contributed by atoms with Crippen LogP contribution >= 0.6 is 0 Å². The fourth-order valence-electron chi connectivity index (χ4n) is 6.47. The van der Waals surface area contributed by atoms with Crippen LogP contribution in [0.1, 0.15) is 42.4 Å². The molecular formula is C36H32N2O4. The molecular weight excluding hydrogens is 524 g/mol. The monoisotopic (exact) mass is 556 g/mol. The first-order valence-corrected chi connectivity index (χ1v) is 14.5. The number of benzene rings is 4. The Balaban J connectivity index is 1.19. The van der Waals surface area contributed by atoms with Crippen molar-refractivity contribution in [2.75, 3.05) is 23.5 Å². The molecule has 0 N–H and O–H groups in total. The van der Waals surface area contributed by atoms with Crippen molar-refractivity contribution in [3.8, 4) is 5.75 Å². The van der Waals surface area contributed by atoms with E-state index in [9.17, 15) is 9.59 Å². The first-order chi connectivity index (χ1) is 20.5. The quantitative estimate of drug-likeness (QED) is 0.189. The number of hydrogen-bond donors (Lipinski definition) is 0. The predicted octanol–water partition coefficient (Wildman–Crippen LogP) is 6.99. The summed E-state index contributed by atoms with van der Waals surface area (Å²) in [5, 5.41) is 2.09. The van der Waals surface area contributed by atoms with Gasteiger partial charge >= 0.3 is 5.97 Å². The highest BCUT2D eigenvalue weighted by Gasteiger charge is 2.41. The van der Waals surface area contributed by atoms with Crippen molar-refractivity contribution < 1.29 is 19.1 Å². The van der Waals surface area contributed by atoms with Crippen LogP contribution in [0.4, 0.5) is 11.4 Å². The van der Waals surface area contributed by atoms with Gasteiger partial charge in [0.2, 0.25) is 0 Å². The Morgan fingerprint density at radius 2 is 1.76 bits per heavy atom. The molecule has 6 nitrogen and oxygen atoms in total. The molecule has 2 atom stereocenters. The van der Waals surface area contributed by atoms with E-state index >= 15 is 0 Å². The van der Waals surface area contributed by atoms with E-state index in [0.717, 1.165) is 69.5 Å². The zero-order chi connectivity index (χ0) is 28.8. The molecule has 4 aromatic rings. The van der Waals surface area contributed by atoms with Crippen molar-refractivity contribution in [1.82, 2.24) is 0 Å². The van der Waals surface area contributed by atoms with Gasteiger partial charge in [0.15, 0.2) is 0 Å². The van der Waals surface area contributed by atoms with E-state index in [1.165, 1.54) is 0 Å². The number of anilines is 2. The zero-order valence-corrected chi connectivity index (χ0v) is 23.7. The first kappa shape index (κ1) is 26.1. The van der Waals surface area contributed by atoms with Crippen molar-refractivity contribution in [3.63, 3.8) is 0 Å². The molecule has 1 fully saturated rings. The van der Waals surface area contributed by atoms with Gasteiger partial charge in [0, 0.05) is 23.4 Å². The molecule has 4 aromatic carbocycles. The Morgan fingerprint density at radius 3 is 2.60 bits per heavy atom. The van der Waals surface area contributed by atoms with Crippen molar-refractivity contribution >= 4 is 39.6 Å². The van der Waals surface area contributed by atoms with Gasteiger partial charge in [-0.3, -0.25) is 9.59 Å². The average Bonchev–Trinajstić information content (AvgIpc) is 3.58. The van der Waals surface area contributed by atoms with Crippen LogP contribution in [-0.4, -0.2) is 31.6 Å². The molecule has 3 aliphatic rings. The Labute approximate surface area is 245 Å². The number of ether oxygens (including phenoxy) is 2. The molecule has 1 saturated heterocycles. The van der Waals surface area contributed by atoms with Crippen LogP contribution in [0, 0.1) is 0 Å². The SMILES string of the molecule is COc1ccc2cc([C@H](C)C(=O)O/C=C3\C=C4C(=O)N(Cc5ccccc5)c5cccc(c54)N4CCCC34)ccc2c1. The van der Waals surface area contributed by atoms with Crippen LogP contribution in [0.5, 0.6) is 5.75 Å². The van der Waals surface area contributed by atoms with Gasteiger partial charge in [-0.25, -0.2) is 0 Å². The van der Waals surface area contributed by atoms with Gasteiger partial charge in [0.05, 0.1) is 43.1 Å². The first-order valence-electron chi connectivity index (χ1n) is 14.5. The summed E-state index contributed by atoms with van der Waals surface area (Å²) >= 11 is 0. The molecule has 1 unspecified atom stereocenters. The van der Waals surface area contributed by atoms with E-state index in [1.807, 2.05) is 96.8 Å². The Kier molecular flexibility index (Phi) is 6.54. The van der Waals surface area contributed by atoms with Crippen LogP contribution in [0.2, 0.25) is 0 Å². The second-order valence-corrected chi connectivity index (χ2v) is 11.2. The van der Waals surface area contributed by atoms with E-state index in [2.05, 4.69) is 11.0 Å². The maximum Gasteiger partial charge on any atom is 0.317 e. The van der Waals surface area contributed by atoms with Crippen molar-refractivity contribution in [2.24, 2.45) is 0 Å². The molecule has 0 radical (unpaired) electrons. The zero-order valence-electron chi connectivity index (χ0n) is 23.7. The number of nitrogens with zero attached hydrogens (tertiary/aromatic N) is 2. The van der Waals surface area contributed by atoms with E-state index in [-0.39, 0.29) is 17.9 Å². The van der Waals surface area contributed by atoms with Crippen LogP contribution in [0.25, 0.3) is 16.3 Å². The van der Waals surface area contributed by atoms with Gasteiger partial charge in [0.1, 0.15) is 5.75 Å². The van der Waals surface area contributed by atoms with Crippen LogP contribution < -0.4 is 14.5 Å². The van der Waals surface area contributed by atoms with Crippen molar-refractivity contribution in [2.45, 2.75) is 38.3 Å². The van der Waals surface area contributed by atoms with E-state index in [4.69, 9.17) is 9.47 Å². The molecule has 0 aliphatic carbocycles. The second-order valence-electron chi connectivity index (χ2n) is 11.2. The number of carbonyl (C=O) groups is 2. The minimum absolute atomic E-state index is 0.0270. The number of carbonyl (C=O) groups excluding carboxylic acids is 2. The third-order valence-electron chi connectivity index (χ3n) is 8.73. The van der Waals surface area contributed by atoms with Crippen molar-refractivity contribution in [3.05, 3.63) is 120 Å². The summed E-state index contributed by atoms with van der Waals surface area (Å²) in [5.41, 5.74) is 6.45. The van der Waals surface area contributed by atoms with E-state index in [1.54, 1.807) is 13.4 Å². The molecule has 42 heavy (non-hydrogen) atoms. The van der Waals surface area contributed by atoms with E-state index in [0.29, 0.717) is 12.1 Å². The Morgan fingerprint density at radius 1 is 0.976 bits per heavy atom. The average molecular weight is 557 g/mol. The number of fused-ring (bicyclic) bond motifs is 3. The summed E-state index contributed by atoms with van der Waals surface area (Å²) < 4.78 is 11.2. The Bertz CT molecular complexity index is 1770. The predicted molar refractivity (Wildman–Crippen MR) is 166 cm³/mol. The number of esters is 1. The van der Waals surface area contributed by atoms with Crippen molar-refractivity contribution in [1.29, 1.82) is 0 Å². The molecule has 7 rings (SSSR count). The largest absolute Gasteiger partial charge is 0.497 e. The third-order valence-corrected chi connectivity index (χ3v) is 8.73. The molecule has 0 saturated carbocycles. The maximum absolute atomic E-state index is 13.9. The van der Waals surface area contributed by atoms with Gasteiger partial charge in [0.25, 0.3) is 5.91 Å². The van der Waals surface area contributed by atoms with Crippen LogP contribution in [0.3, 0.4) is 0 Å². The summed E-state index contributed by atoms with van der Waals surface area (Å²) in [5.74, 6) is -0.0131. The summed E-state index contributed by atoms with van der Waals surface area (Å²) in [6.07, 6.45) is 5.50. The summed E-state index contributed by atoms with van der Waals surface area (Å²) in [7, 11) is 1.65. The maximum atomic E-state index is 13.9. The standard InChI is InChI=1S/C36H32N2O4/c1-23(25-13-14-27-19-29(41-2)16-15-26(27)18-25)36(40)42-22-28-20-30-34-32(37-17-7-12-31(28)37)10-6-11-33(34)38(35(30)39)21-24-8-4-3-5-9-24/h3-6,8-11,13-16,18-20,22-23,31H,7,12,17,21H2,1-2H3/b28-22+/t23-,31?/m0/s1. The minimum Gasteiger partial charge on any atom is -0.497 e. The van der Waals surface area contributed by atoms with Gasteiger partial charge < -0.3 is 19.3 Å². The highest BCUT2D eigenvalue weighted by molar-refractivity contribution is 6.34. The molecule has 3 aliphatic heterocycles. The lowest BCUT2D eigenvalue weighted by Gasteiger charge is -2.28. The van der Waals surface area contributed by atoms with Crippen LogP contribution in [-0.2, 0) is 20.9 Å². The highest BCUT2D eigenvalue weighted by Crippen LogP contribution is 2.48. The lowest BCUT2D eigenvalue weighted by atomic mass is 9.98. The van der Waals surface area contributed by atoms with Gasteiger partial charge in [-0.15, -0.1) is 0 Å². The third kappa shape index (κ3) is 4.44. The molecule has 1 amide bonds.